The maximum Gasteiger partial charge on any atom is 0.0821 e. The molecule has 1 aliphatic carbocycles. The minimum atomic E-state index is 0.0394. The van der Waals surface area contributed by atoms with E-state index < -0.39 is 0 Å². The average molecular weight is 373 g/mol. The van der Waals surface area contributed by atoms with E-state index in [4.69, 9.17) is 18.0 Å². The third kappa shape index (κ3) is 5.17. The Hall–Kier alpha value is -1.19. The normalized spacial score (nSPS) is 21.5. The summed E-state index contributed by atoms with van der Waals surface area (Å²) in [6, 6.07) is 11.2. The number of hydrogen-bond donors (Lipinski definition) is 2. The summed E-state index contributed by atoms with van der Waals surface area (Å²) in [4.78, 5) is 1.06. The van der Waals surface area contributed by atoms with Gasteiger partial charge in [0.1, 0.15) is 0 Å². The van der Waals surface area contributed by atoms with Crippen LogP contribution in [0.1, 0.15) is 71.3 Å². The van der Waals surface area contributed by atoms with Gasteiger partial charge in [0.15, 0.2) is 0 Å². The zero-order chi connectivity index (χ0) is 19.0. The Labute approximate surface area is 165 Å². The molecule has 0 unspecified atom stereocenters. The zero-order valence-corrected chi connectivity index (χ0v) is 17.6. The van der Waals surface area contributed by atoms with E-state index in [-0.39, 0.29) is 5.41 Å². The number of thiocarbonyl (C=S) groups is 1. The van der Waals surface area contributed by atoms with Gasteiger partial charge in [-0.15, -0.1) is 0 Å². The van der Waals surface area contributed by atoms with Crippen LogP contribution in [0.15, 0.2) is 36.4 Å². The van der Waals surface area contributed by atoms with Crippen LogP contribution in [0, 0.1) is 11.3 Å². The van der Waals surface area contributed by atoms with Crippen LogP contribution in [-0.2, 0) is 0 Å². The highest BCUT2D eigenvalue weighted by molar-refractivity contribution is 7.80. The minimum absolute atomic E-state index is 0.0394. The molecule has 1 fully saturated rings. The number of hydrogen-bond acceptors (Lipinski definition) is 2. The van der Waals surface area contributed by atoms with Crippen molar-refractivity contribution in [3.8, 4) is 0 Å². The van der Waals surface area contributed by atoms with Crippen LogP contribution >= 0.6 is 12.2 Å². The second-order valence-electron chi connectivity index (χ2n) is 7.77. The first-order valence-corrected chi connectivity index (χ1v) is 10.7. The fourth-order valence-electron chi connectivity index (χ4n) is 4.17. The second-order valence-corrected chi connectivity index (χ2v) is 8.18. The molecule has 1 aromatic rings. The SMILES string of the molecule is C/C=C(/CC(CC)(CC)C(=S)NC1CCC(CN)CC1)c1ccccc1. The molecule has 2 rings (SSSR count). The van der Waals surface area contributed by atoms with E-state index in [1.807, 2.05) is 0 Å². The summed E-state index contributed by atoms with van der Waals surface area (Å²) >= 11 is 5.98. The van der Waals surface area contributed by atoms with Crippen molar-refractivity contribution in [2.75, 3.05) is 6.54 Å². The quantitative estimate of drug-likeness (QED) is 0.573. The molecule has 0 bridgehead atoms. The van der Waals surface area contributed by atoms with Crippen molar-refractivity contribution in [2.45, 2.75) is 71.8 Å². The van der Waals surface area contributed by atoms with Gasteiger partial charge in [0.25, 0.3) is 0 Å². The highest BCUT2D eigenvalue weighted by Crippen LogP contribution is 2.39. The largest absolute Gasteiger partial charge is 0.376 e. The fourth-order valence-corrected chi connectivity index (χ4v) is 4.70. The number of nitrogens with one attached hydrogen (secondary N) is 1. The molecule has 3 N–H and O–H groups in total. The predicted molar refractivity (Wildman–Crippen MR) is 118 cm³/mol. The van der Waals surface area contributed by atoms with Crippen LogP contribution in [-0.4, -0.2) is 17.6 Å². The van der Waals surface area contributed by atoms with Crippen molar-refractivity contribution >= 4 is 22.8 Å². The molecule has 0 amide bonds. The van der Waals surface area contributed by atoms with Crippen molar-refractivity contribution in [2.24, 2.45) is 17.1 Å². The van der Waals surface area contributed by atoms with E-state index in [9.17, 15) is 0 Å². The van der Waals surface area contributed by atoms with Crippen LogP contribution in [0.25, 0.3) is 5.57 Å². The summed E-state index contributed by atoms with van der Waals surface area (Å²) in [6.45, 7) is 7.53. The molecular weight excluding hydrogens is 336 g/mol. The first-order chi connectivity index (χ1) is 12.6. The van der Waals surface area contributed by atoms with Crippen LogP contribution in [0.3, 0.4) is 0 Å². The lowest BCUT2D eigenvalue weighted by Crippen LogP contribution is -2.45. The van der Waals surface area contributed by atoms with Crippen LogP contribution in [0.4, 0.5) is 0 Å². The molecule has 2 nitrogen and oxygen atoms in total. The monoisotopic (exact) mass is 372 g/mol. The Morgan fingerprint density at radius 2 is 1.77 bits per heavy atom. The molecule has 0 spiro atoms. The maximum atomic E-state index is 5.98. The molecule has 3 heteroatoms. The van der Waals surface area contributed by atoms with Gasteiger partial charge in [-0.2, -0.15) is 0 Å². The Kier molecular flexibility index (Phi) is 8.30. The van der Waals surface area contributed by atoms with E-state index in [0.717, 1.165) is 30.8 Å². The van der Waals surface area contributed by atoms with Gasteiger partial charge in [0.2, 0.25) is 0 Å². The van der Waals surface area contributed by atoms with Crippen molar-refractivity contribution in [3.63, 3.8) is 0 Å². The van der Waals surface area contributed by atoms with Gasteiger partial charge in [0, 0.05) is 11.5 Å². The summed E-state index contributed by atoms with van der Waals surface area (Å²) in [5.41, 5.74) is 8.58. The highest BCUT2D eigenvalue weighted by Gasteiger charge is 2.34. The van der Waals surface area contributed by atoms with E-state index >= 15 is 0 Å². The topological polar surface area (TPSA) is 38.0 Å². The maximum absolute atomic E-state index is 5.98. The van der Waals surface area contributed by atoms with Gasteiger partial charge >= 0.3 is 0 Å². The number of allylic oxidation sites excluding steroid dienone is 2. The molecular formula is C23H36N2S. The molecule has 1 aliphatic rings. The third-order valence-electron chi connectivity index (χ3n) is 6.37. The van der Waals surface area contributed by atoms with Crippen LogP contribution < -0.4 is 11.1 Å². The smallest absolute Gasteiger partial charge is 0.0821 e. The van der Waals surface area contributed by atoms with Gasteiger partial charge in [-0.1, -0.05) is 62.5 Å². The Morgan fingerprint density at radius 1 is 1.15 bits per heavy atom. The zero-order valence-electron chi connectivity index (χ0n) is 16.8. The van der Waals surface area contributed by atoms with Crippen LogP contribution in [0.2, 0.25) is 0 Å². The molecule has 0 atom stereocenters. The Bertz CT molecular complexity index is 581. The highest BCUT2D eigenvalue weighted by atomic mass is 32.1. The first kappa shape index (κ1) is 21.1. The predicted octanol–water partition coefficient (Wildman–Crippen LogP) is 5.72. The van der Waals surface area contributed by atoms with Gasteiger partial charge in [-0.05, 0) is 75.5 Å². The summed E-state index contributed by atoms with van der Waals surface area (Å²) in [7, 11) is 0. The fraction of sp³-hybridized carbons (Fsp3) is 0.609. The summed E-state index contributed by atoms with van der Waals surface area (Å²) in [5, 5.41) is 3.75. The van der Waals surface area contributed by atoms with E-state index in [1.54, 1.807) is 0 Å². The lowest BCUT2D eigenvalue weighted by molar-refractivity contribution is 0.307. The van der Waals surface area contributed by atoms with Gasteiger partial charge < -0.3 is 11.1 Å². The molecule has 26 heavy (non-hydrogen) atoms. The number of benzene rings is 1. The summed E-state index contributed by atoms with van der Waals surface area (Å²) in [5.74, 6) is 0.705. The first-order valence-electron chi connectivity index (χ1n) is 10.3. The molecule has 0 heterocycles. The van der Waals surface area contributed by atoms with Gasteiger partial charge in [0.05, 0.1) is 4.99 Å². The second kappa shape index (κ2) is 10.2. The van der Waals surface area contributed by atoms with Crippen LogP contribution in [0.5, 0.6) is 0 Å². The lowest BCUT2D eigenvalue weighted by atomic mass is 9.74. The van der Waals surface area contributed by atoms with Gasteiger partial charge in [-0.3, -0.25) is 0 Å². The standard InChI is InChI=1S/C23H36N2S/c1-4-19(20-10-8-7-9-11-20)16-23(5-2,6-3)22(26)25-21-14-12-18(17-24)13-15-21/h4,7-11,18,21H,5-6,12-17,24H2,1-3H3,(H,25,26)/b19-4-. The summed E-state index contributed by atoms with van der Waals surface area (Å²) < 4.78 is 0. The Morgan fingerprint density at radius 3 is 2.27 bits per heavy atom. The number of rotatable bonds is 8. The van der Waals surface area contributed by atoms with Gasteiger partial charge in [-0.25, -0.2) is 0 Å². The van der Waals surface area contributed by atoms with Crippen molar-refractivity contribution in [1.29, 1.82) is 0 Å². The van der Waals surface area contributed by atoms with Crippen molar-refractivity contribution in [1.82, 2.24) is 5.32 Å². The van der Waals surface area contributed by atoms with E-state index in [2.05, 4.69) is 62.5 Å². The molecule has 0 aromatic heterocycles. The molecule has 0 aliphatic heterocycles. The molecule has 0 saturated heterocycles. The molecule has 144 valence electrons. The summed E-state index contributed by atoms with van der Waals surface area (Å²) in [6.07, 6.45) is 10.2. The van der Waals surface area contributed by atoms with Crippen molar-refractivity contribution < 1.29 is 0 Å². The molecule has 0 radical (unpaired) electrons. The third-order valence-corrected chi connectivity index (χ3v) is 6.92. The molecule has 1 saturated carbocycles. The molecule has 1 aromatic carbocycles. The minimum Gasteiger partial charge on any atom is -0.376 e. The van der Waals surface area contributed by atoms with Crippen molar-refractivity contribution in [3.05, 3.63) is 42.0 Å². The Balaban J connectivity index is 2.09. The lowest BCUT2D eigenvalue weighted by Gasteiger charge is -2.38. The van der Waals surface area contributed by atoms with E-state index in [0.29, 0.717) is 12.0 Å². The average Bonchev–Trinajstić information content (AvgIpc) is 2.70. The van der Waals surface area contributed by atoms with E-state index in [1.165, 1.54) is 36.8 Å². The number of nitrogens with two attached hydrogens (primary N) is 1.